The maximum absolute atomic E-state index is 6.30. The van der Waals surface area contributed by atoms with Crippen molar-refractivity contribution in [3.63, 3.8) is 0 Å². The largest absolute Gasteiger partial charge is 0.262 e. The molecule has 1 rings (SSSR count). The molecule has 1 heterocycles. The number of hydrogen-bond acceptors (Lipinski definition) is 3. The van der Waals surface area contributed by atoms with Gasteiger partial charge in [-0.2, -0.15) is 5.53 Å². The zero-order valence-corrected chi connectivity index (χ0v) is 5.10. The molecule has 0 aliphatic rings. The second kappa shape index (κ2) is 3.39. The molecule has 0 amide bonds. The number of rotatable bonds is 2. The van der Waals surface area contributed by atoms with Crippen molar-refractivity contribution < 1.29 is 0 Å². The van der Waals surface area contributed by atoms with Crippen LogP contribution in [0.4, 0.5) is 5.69 Å². The summed E-state index contributed by atoms with van der Waals surface area (Å²) in [6, 6.07) is 3.46. The zero-order valence-electron chi connectivity index (χ0n) is 5.10. The molecule has 50 valence electrons. The van der Waals surface area contributed by atoms with Gasteiger partial charge in [-0.05, 0) is 22.6 Å². The molecule has 0 atom stereocenters. The SMILES string of the molecule is N=NN=Nc1cccnc1. The summed E-state index contributed by atoms with van der Waals surface area (Å²) in [5.41, 5.74) is 6.89. The van der Waals surface area contributed by atoms with Gasteiger partial charge in [-0.25, -0.2) is 0 Å². The first-order valence-corrected chi connectivity index (χ1v) is 2.61. The van der Waals surface area contributed by atoms with Crippen LogP contribution in [-0.2, 0) is 0 Å². The van der Waals surface area contributed by atoms with Crippen molar-refractivity contribution in [1.82, 2.24) is 4.98 Å². The van der Waals surface area contributed by atoms with Crippen molar-refractivity contribution in [2.75, 3.05) is 0 Å². The summed E-state index contributed by atoms with van der Waals surface area (Å²) < 4.78 is 0. The third-order valence-corrected chi connectivity index (χ3v) is 0.851. The van der Waals surface area contributed by atoms with E-state index < -0.39 is 0 Å². The van der Waals surface area contributed by atoms with E-state index in [4.69, 9.17) is 5.53 Å². The number of aromatic nitrogens is 1. The van der Waals surface area contributed by atoms with Crippen LogP contribution in [0.2, 0.25) is 0 Å². The van der Waals surface area contributed by atoms with E-state index in [1.807, 2.05) is 0 Å². The van der Waals surface area contributed by atoms with Crippen LogP contribution in [0, 0.1) is 5.53 Å². The summed E-state index contributed by atoms with van der Waals surface area (Å²) in [6.45, 7) is 0. The quantitative estimate of drug-likeness (QED) is 0.489. The molecule has 0 radical (unpaired) electrons. The molecule has 10 heavy (non-hydrogen) atoms. The first-order valence-electron chi connectivity index (χ1n) is 2.61. The molecular formula is C5H5N5. The highest BCUT2D eigenvalue weighted by Gasteiger charge is 1.82. The van der Waals surface area contributed by atoms with Crippen LogP contribution in [0.1, 0.15) is 0 Å². The maximum atomic E-state index is 6.30. The second-order valence-corrected chi connectivity index (χ2v) is 1.50. The first kappa shape index (κ1) is 6.47. The standard InChI is InChI=1S/C5H5N5/c6-9-10-8-5-2-1-3-7-4-5/h1-4,6H. The number of pyridine rings is 1. The fraction of sp³-hybridized carbons (Fsp3) is 0. The third-order valence-electron chi connectivity index (χ3n) is 0.851. The van der Waals surface area contributed by atoms with Crippen LogP contribution in [0.25, 0.3) is 0 Å². The summed E-state index contributed by atoms with van der Waals surface area (Å²) in [4.78, 5) is 3.78. The minimum absolute atomic E-state index is 0.596. The number of nitrogens with one attached hydrogen (secondary N) is 1. The lowest BCUT2D eigenvalue weighted by Crippen LogP contribution is -1.65. The predicted octanol–water partition coefficient (Wildman–Crippen LogP) is 2.11. The average molecular weight is 135 g/mol. The van der Waals surface area contributed by atoms with E-state index in [1.54, 1.807) is 18.3 Å². The van der Waals surface area contributed by atoms with E-state index in [0.717, 1.165) is 0 Å². The van der Waals surface area contributed by atoms with Crippen molar-refractivity contribution in [3.05, 3.63) is 24.5 Å². The fourth-order valence-corrected chi connectivity index (χ4v) is 0.487. The monoisotopic (exact) mass is 135 g/mol. The highest BCUT2D eigenvalue weighted by atomic mass is 15.4. The molecule has 5 heteroatoms. The van der Waals surface area contributed by atoms with Gasteiger partial charge in [0, 0.05) is 6.20 Å². The van der Waals surface area contributed by atoms with Crippen molar-refractivity contribution in [3.8, 4) is 0 Å². The van der Waals surface area contributed by atoms with Crippen LogP contribution in [0.15, 0.2) is 40.1 Å². The normalized spacial score (nSPS) is 10.0. The summed E-state index contributed by atoms with van der Waals surface area (Å²) >= 11 is 0. The molecule has 0 aliphatic carbocycles. The third kappa shape index (κ3) is 1.70. The average Bonchev–Trinajstić information content (AvgIpc) is 2.03. The number of nitrogens with zero attached hydrogens (tertiary/aromatic N) is 4. The van der Waals surface area contributed by atoms with E-state index >= 15 is 0 Å². The summed E-state index contributed by atoms with van der Waals surface area (Å²) in [5.74, 6) is 0. The van der Waals surface area contributed by atoms with Gasteiger partial charge in [-0.3, -0.25) is 4.98 Å². The second-order valence-electron chi connectivity index (χ2n) is 1.50. The minimum Gasteiger partial charge on any atom is -0.262 e. The van der Waals surface area contributed by atoms with Gasteiger partial charge < -0.3 is 0 Å². The van der Waals surface area contributed by atoms with Gasteiger partial charge in [0.1, 0.15) is 5.69 Å². The van der Waals surface area contributed by atoms with Crippen LogP contribution in [0.5, 0.6) is 0 Å². The Bertz CT molecular complexity index is 229. The van der Waals surface area contributed by atoms with Gasteiger partial charge >= 0.3 is 0 Å². The van der Waals surface area contributed by atoms with Crippen LogP contribution in [0.3, 0.4) is 0 Å². The van der Waals surface area contributed by atoms with Crippen LogP contribution in [-0.4, -0.2) is 4.98 Å². The van der Waals surface area contributed by atoms with E-state index in [2.05, 4.69) is 20.5 Å². The van der Waals surface area contributed by atoms with Crippen LogP contribution < -0.4 is 0 Å². The molecule has 0 bridgehead atoms. The maximum Gasteiger partial charge on any atom is 0.106 e. The van der Waals surface area contributed by atoms with Gasteiger partial charge in [-0.1, -0.05) is 0 Å². The minimum atomic E-state index is 0.596. The molecule has 0 unspecified atom stereocenters. The molecule has 0 fully saturated rings. The van der Waals surface area contributed by atoms with E-state index in [1.165, 1.54) is 6.20 Å². The molecule has 0 spiro atoms. The van der Waals surface area contributed by atoms with Crippen LogP contribution >= 0.6 is 0 Å². The summed E-state index contributed by atoms with van der Waals surface area (Å²) in [6.07, 6.45) is 3.17. The van der Waals surface area contributed by atoms with E-state index in [-0.39, 0.29) is 0 Å². The molecular weight excluding hydrogens is 130 g/mol. The molecule has 0 saturated heterocycles. The molecule has 0 saturated carbocycles. The Balaban J connectivity index is 2.76. The van der Waals surface area contributed by atoms with Crippen molar-refractivity contribution >= 4 is 5.69 Å². The Morgan fingerprint density at radius 1 is 1.50 bits per heavy atom. The molecule has 0 aliphatic heterocycles. The molecule has 0 aromatic carbocycles. The first-order chi connectivity index (χ1) is 4.93. The number of hydrogen-bond donors (Lipinski definition) is 1. The van der Waals surface area contributed by atoms with Gasteiger partial charge in [0.25, 0.3) is 0 Å². The molecule has 1 aromatic rings. The Hall–Kier alpha value is -1.65. The lowest BCUT2D eigenvalue weighted by atomic mass is 10.4. The summed E-state index contributed by atoms with van der Waals surface area (Å²) in [7, 11) is 0. The Kier molecular flexibility index (Phi) is 2.19. The molecule has 5 nitrogen and oxygen atoms in total. The lowest BCUT2D eigenvalue weighted by molar-refractivity contribution is 0.907. The molecule has 1 aromatic heterocycles. The lowest BCUT2D eigenvalue weighted by Gasteiger charge is -1.83. The Labute approximate surface area is 57.3 Å². The van der Waals surface area contributed by atoms with Gasteiger partial charge in [-0.15, -0.1) is 5.11 Å². The fourth-order valence-electron chi connectivity index (χ4n) is 0.487. The highest BCUT2D eigenvalue weighted by molar-refractivity contribution is 5.30. The zero-order chi connectivity index (χ0) is 7.23. The highest BCUT2D eigenvalue weighted by Crippen LogP contribution is 2.07. The molecule has 1 N–H and O–H groups in total. The van der Waals surface area contributed by atoms with Crippen molar-refractivity contribution in [1.29, 1.82) is 5.53 Å². The summed E-state index contributed by atoms with van der Waals surface area (Å²) in [5, 5.41) is 9.36. The van der Waals surface area contributed by atoms with Crippen molar-refractivity contribution in [2.45, 2.75) is 0 Å². The van der Waals surface area contributed by atoms with E-state index in [9.17, 15) is 0 Å². The van der Waals surface area contributed by atoms with Gasteiger partial charge in [0.05, 0.1) is 6.20 Å². The van der Waals surface area contributed by atoms with Crippen molar-refractivity contribution in [2.24, 2.45) is 15.6 Å². The smallest absolute Gasteiger partial charge is 0.106 e. The van der Waals surface area contributed by atoms with E-state index in [0.29, 0.717) is 5.69 Å². The van der Waals surface area contributed by atoms with Gasteiger partial charge in [0.15, 0.2) is 0 Å². The predicted molar refractivity (Wildman–Crippen MR) is 33.9 cm³/mol. The van der Waals surface area contributed by atoms with Gasteiger partial charge in [0.2, 0.25) is 0 Å². The Morgan fingerprint density at radius 2 is 2.40 bits per heavy atom. The Morgan fingerprint density at radius 3 is 3.00 bits per heavy atom. The topological polar surface area (TPSA) is 73.8 Å².